The monoisotopic (exact) mass is 437 g/mol. The molecule has 0 atom stereocenters. The van der Waals surface area contributed by atoms with Gasteiger partial charge in [0.2, 0.25) is 5.88 Å². The van der Waals surface area contributed by atoms with E-state index in [4.69, 9.17) is 16.3 Å². The van der Waals surface area contributed by atoms with Crippen LogP contribution in [0.25, 0.3) is 10.9 Å². The van der Waals surface area contributed by atoms with Gasteiger partial charge in [-0.15, -0.1) is 0 Å². The first-order chi connectivity index (χ1) is 13.7. The molecule has 152 valence electrons. The van der Waals surface area contributed by atoms with Crippen LogP contribution in [0.3, 0.4) is 0 Å². The zero-order valence-corrected chi connectivity index (χ0v) is 17.0. The molecule has 7 nitrogen and oxygen atoms in total. The van der Waals surface area contributed by atoms with Gasteiger partial charge < -0.3 is 14.2 Å². The molecule has 0 unspecified atom stereocenters. The van der Waals surface area contributed by atoms with E-state index < -0.39 is 15.7 Å². The number of carbonyl (C=O) groups is 1. The number of amides is 1. The summed E-state index contributed by atoms with van der Waals surface area (Å²) in [5.74, 6) is -0.924. The van der Waals surface area contributed by atoms with Crippen LogP contribution in [0.4, 0.5) is 4.39 Å². The summed E-state index contributed by atoms with van der Waals surface area (Å²) in [6.45, 7) is 0.280. The maximum atomic E-state index is 14.1. The van der Waals surface area contributed by atoms with Gasteiger partial charge in [-0.25, -0.2) is 17.8 Å². The number of hydrogen-bond acceptors (Lipinski definition) is 5. The number of aromatic nitrogens is 2. The van der Waals surface area contributed by atoms with Crippen LogP contribution in [0, 0.1) is 5.82 Å². The van der Waals surface area contributed by atoms with Crippen molar-refractivity contribution in [3.05, 3.63) is 53.1 Å². The van der Waals surface area contributed by atoms with E-state index in [1.54, 1.807) is 23.9 Å². The zero-order chi connectivity index (χ0) is 20.8. The second-order valence-electron chi connectivity index (χ2n) is 6.79. The molecule has 1 aliphatic heterocycles. The van der Waals surface area contributed by atoms with Crippen LogP contribution in [0.5, 0.6) is 11.6 Å². The molecule has 29 heavy (non-hydrogen) atoms. The Hall–Kier alpha value is -2.65. The SMILES string of the molecule is Cn1ccc2c(Oc3ccc(Cl)cc3F)ncc(C(=O)N3CCS(=O)(=O)CC3)c21. The fraction of sp³-hybridized carbons (Fsp3) is 0.263. The smallest absolute Gasteiger partial charge is 0.257 e. The van der Waals surface area contributed by atoms with E-state index >= 15 is 0 Å². The molecule has 0 N–H and O–H groups in total. The van der Waals surface area contributed by atoms with Crippen LogP contribution in [0.1, 0.15) is 10.4 Å². The average Bonchev–Trinajstić information content (AvgIpc) is 3.06. The summed E-state index contributed by atoms with van der Waals surface area (Å²) in [5, 5.41) is 0.787. The van der Waals surface area contributed by atoms with Crippen LogP contribution in [0.2, 0.25) is 5.02 Å². The van der Waals surface area contributed by atoms with Crippen molar-refractivity contribution in [2.75, 3.05) is 24.6 Å². The number of benzene rings is 1. The standard InChI is InChI=1S/C19H17ClFN3O4S/c1-23-5-4-13-17(23)14(19(25)24-6-8-29(26,27)9-7-24)11-22-18(13)28-16-3-2-12(20)10-15(16)21/h2-5,10-11H,6-9H2,1H3. The molecule has 4 rings (SSSR count). The van der Waals surface area contributed by atoms with E-state index in [0.717, 1.165) is 6.07 Å². The molecule has 0 spiro atoms. The highest BCUT2D eigenvalue weighted by Gasteiger charge is 2.28. The number of hydrogen-bond donors (Lipinski definition) is 0. The Morgan fingerprint density at radius 2 is 1.97 bits per heavy atom. The Bertz CT molecular complexity index is 1210. The fourth-order valence-corrected chi connectivity index (χ4v) is 4.64. The van der Waals surface area contributed by atoms with Crippen LogP contribution >= 0.6 is 11.6 Å². The fourth-order valence-electron chi connectivity index (χ4n) is 3.28. The molecule has 1 aromatic carbocycles. The molecular formula is C19H17ClFN3O4S. The summed E-state index contributed by atoms with van der Waals surface area (Å²) < 4.78 is 44.8. The van der Waals surface area contributed by atoms with Gasteiger partial charge in [0.05, 0.1) is 28.0 Å². The van der Waals surface area contributed by atoms with Crippen molar-refractivity contribution in [1.29, 1.82) is 0 Å². The summed E-state index contributed by atoms with van der Waals surface area (Å²) in [5.41, 5.74) is 0.901. The van der Waals surface area contributed by atoms with Gasteiger partial charge in [0.25, 0.3) is 5.91 Å². The second kappa shape index (κ2) is 7.31. The molecule has 10 heteroatoms. The minimum atomic E-state index is -3.10. The molecule has 0 radical (unpaired) electrons. The number of rotatable bonds is 3. The van der Waals surface area contributed by atoms with E-state index in [2.05, 4.69) is 4.98 Å². The normalized spacial score (nSPS) is 16.2. The highest BCUT2D eigenvalue weighted by atomic mass is 35.5. The molecule has 1 aliphatic rings. The minimum absolute atomic E-state index is 0.0348. The second-order valence-corrected chi connectivity index (χ2v) is 9.53. The first kappa shape index (κ1) is 19.7. The first-order valence-electron chi connectivity index (χ1n) is 8.82. The Morgan fingerprint density at radius 1 is 1.24 bits per heavy atom. The van der Waals surface area contributed by atoms with Gasteiger partial charge in [-0.05, 0) is 24.3 Å². The summed E-state index contributed by atoms with van der Waals surface area (Å²) in [7, 11) is -1.33. The number of carbonyl (C=O) groups excluding carboxylic acids is 1. The lowest BCUT2D eigenvalue weighted by Crippen LogP contribution is -2.43. The molecular weight excluding hydrogens is 421 g/mol. The first-order valence-corrected chi connectivity index (χ1v) is 11.0. The molecule has 1 amide bonds. The predicted octanol–water partition coefficient (Wildman–Crippen LogP) is 3.03. The number of ether oxygens (including phenoxy) is 1. The largest absolute Gasteiger partial charge is 0.435 e. The number of halogens is 2. The van der Waals surface area contributed by atoms with E-state index in [9.17, 15) is 17.6 Å². The number of pyridine rings is 1. The molecule has 0 bridgehead atoms. The molecule has 0 saturated carbocycles. The summed E-state index contributed by atoms with van der Waals surface area (Å²) >= 11 is 5.77. The van der Waals surface area contributed by atoms with Crippen molar-refractivity contribution >= 4 is 38.2 Å². The summed E-state index contributed by atoms with van der Waals surface area (Å²) in [6, 6.07) is 5.77. The van der Waals surface area contributed by atoms with E-state index in [1.165, 1.54) is 23.2 Å². The van der Waals surface area contributed by atoms with Gasteiger partial charge in [0.1, 0.15) is 0 Å². The number of sulfone groups is 1. The van der Waals surface area contributed by atoms with Crippen molar-refractivity contribution < 1.29 is 22.3 Å². The van der Waals surface area contributed by atoms with Crippen LogP contribution < -0.4 is 4.74 Å². The Morgan fingerprint density at radius 3 is 2.66 bits per heavy atom. The Kier molecular flexibility index (Phi) is 4.95. The van der Waals surface area contributed by atoms with Gasteiger partial charge in [0.15, 0.2) is 21.4 Å². The van der Waals surface area contributed by atoms with Gasteiger partial charge in [0, 0.05) is 37.6 Å². The van der Waals surface area contributed by atoms with Crippen molar-refractivity contribution in [2.24, 2.45) is 7.05 Å². The maximum absolute atomic E-state index is 14.1. The number of aryl methyl sites for hydroxylation is 1. The number of nitrogens with zero attached hydrogens (tertiary/aromatic N) is 3. The van der Waals surface area contributed by atoms with Crippen LogP contribution in [0.15, 0.2) is 36.7 Å². The maximum Gasteiger partial charge on any atom is 0.257 e. The molecule has 1 saturated heterocycles. The highest BCUT2D eigenvalue weighted by Crippen LogP contribution is 2.33. The Balaban J connectivity index is 1.70. The number of fused-ring (bicyclic) bond motifs is 1. The minimum Gasteiger partial charge on any atom is -0.435 e. The van der Waals surface area contributed by atoms with Crippen molar-refractivity contribution in [2.45, 2.75) is 0 Å². The third-order valence-electron chi connectivity index (χ3n) is 4.83. The third-order valence-corrected chi connectivity index (χ3v) is 6.68. The molecule has 2 aromatic heterocycles. The quantitative estimate of drug-likeness (QED) is 0.629. The van der Waals surface area contributed by atoms with Crippen molar-refractivity contribution in [3.8, 4) is 11.6 Å². The lowest BCUT2D eigenvalue weighted by molar-refractivity contribution is 0.0771. The third kappa shape index (κ3) is 3.79. The van der Waals surface area contributed by atoms with Crippen molar-refractivity contribution in [1.82, 2.24) is 14.5 Å². The van der Waals surface area contributed by atoms with E-state index in [0.29, 0.717) is 16.5 Å². The van der Waals surface area contributed by atoms with Gasteiger partial charge in [-0.3, -0.25) is 4.79 Å². The zero-order valence-electron chi connectivity index (χ0n) is 15.4. The predicted molar refractivity (Wildman–Crippen MR) is 107 cm³/mol. The van der Waals surface area contributed by atoms with Gasteiger partial charge >= 0.3 is 0 Å². The van der Waals surface area contributed by atoms with Gasteiger partial charge in [-0.1, -0.05) is 11.6 Å². The van der Waals surface area contributed by atoms with Crippen LogP contribution in [-0.4, -0.2) is 53.4 Å². The highest BCUT2D eigenvalue weighted by molar-refractivity contribution is 7.91. The molecule has 0 aliphatic carbocycles. The van der Waals surface area contributed by atoms with Gasteiger partial charge in [-0.2, -0.15) is 0 Å². The average molecular weight is 438 g/mol. The lowest BCUT2D eigenvalue weighted by Gasteiger charge is -2.27. The molecule has 1 fully saturated rings. The van der Waals surface area contributed by atoms with E-state index in [1.807, 2.05) is 0 Å². The molecule has 3 aromatic rings. The Labute approximate surface area is 171 Å². The van der Waals surface area contributed by atoms with Crippen LogP contribution in [-0.2, 0) is 16.9 Å². The lowest BCUT2D eigenvalue weighted by atomic mass is 10.2. The van der Waals surface area contributed by atoms with E-state index in [-0.39, 0.29) is 47.2 Å². The molecule has 3 heterocycles. The summed E-state index contributed by atoms with van der Waals surface area (Å²) in [6.07, 6.45) is 3.12. The summed E-state index contributed by atoms with van der Waals surface area (Å²) in [4.78, 5) is 18.7. The van der Waals surface area contributed by atoms with Crippen molar-refractivity contribution in [3.63, 3.8) is 0 Å². The topological polar surface area (TPSA) is 81.5 Å².